The molecule has 0 radical (unpaired) electrons. The van der Waals surface area contributed by atoms with Crippen LogP contribution in [0.3, 0.4) is 0 Å². The first-order valence-electron chi connectivity index (χ1n) is 9.97. The van der Waals surface area contributed by atoms with Gasteiger partial charge < -0.3 is 0 Å². The third-order valence-electron chi connectivity index (χ3n) is 5.49. The molecule has 0 atom stereocenters. The SMILES string of the molecule is C#Cc1cnn2cc(S(=O)(=O)N3CC/C(=C\C#Cc4cccc(Cl)c4)C(C)(C)C3)cnc12. The first-order chi connectivity index (χ1) is 15.2. The highest BCUT2D eigenvalue weighted by Crippen LogP contribution is 2.36. The molecule has 0 aliphatic carbocycles. The summed E-state index contributed by atoms with van der Waals surface area (Å²) in [6.45, 7) is 4.75. The van der Waals surface area contributed by atoms with Crippen LogP contribution in [0.2, 0.25) is 5.02 Å². The lowest BCUT2D eigenvalue weighted by Gasteiger charge is -2.39. The quantitative estimate of drug-likeness (QED) is 0.541. The minimum absolute atomic E-state index is 0.0839. The number of piperidine rings is 1. The molecule has 0 saturated carbocycles. The Kier molecular flexibility index (Phi) is 5.83. The smallest absolute Gasteiger partial charge is 0.234 e. The number of sulfonamides is 1. The van der Waals surface area contributed by atoms with Gasteiger partial charge in [-0.25, -0.2) is 17.9 Å². The molecule has 1 saturated heterocycles. The van der Waals surface area contributed by atoms with Crippen molar-refractivity contribution in [3.63, 3.8) is 0 Å². The lowest BCUT2D eigenvalue weighted by atomic mass is 9.79. The van der Waals surface area contributed by atoms with Crippen molar-refractivity contribution >= 4 is 27.3 Å². The second-order valence-electron chi connectivity index (χ2n) is 8.18. The zero-order valence-electron chi connectivity index (χ0n) is 17.7. The fraction of sp³-hybridized carbons (Fsp3) is 0.250. The molecule has 0 unspecified atom stereocenters. The molecule has 1 aromatic carbocycles. The van der Waals surface area contributed by atoms with Gasteiger partial charge >= 0.3 is 0 Å². The zero-order chi connectivity index (χ0) is 22.9. The van der Waals surface area contributed by atoms with Crippen molar-refractivity contribution in [2.45, 2.75) is 25.2 Å². The van der Waals surface area contributed by atoms with Crippen LogP contribution < -0.4 is 0 Å². The van der Waals surface area contributed by atoms with Crippen LogP contribution in [0.4, 0.5) is 0 Å². The van der Waals surface area contributed by atoms with Crippen molar-refractivity contribution in [1.82, 2.24) is 18.9 Å². The van der Waals surface area contributed by atoms with Gasteiger partial charge in [-0.05, 0) is 30.7 Å². The number of benzene rings is 1. The topological polar surface area (TPSA) is 67.6 Å². The predicted molar refractivity (Wildman–Crippen MR) is 124 cm³/mol. The molecule has 2 aromatic heterocycles. The van der Waals surface area contributed by atoms with Crippen molar-refractivity contribution in [3.05, 3.63) is 70.7 Å². The van der Waals surface area contributed by atoms with Gasteiger partial charge in [0, 0.05) is 29.1 Å². The van der Waals surface area contributed by atoms with Gasteiger partial charge in [-0.3, -0.25) is 0 Å². The van der Waals surface area contributed by atoms with Gasteiger partial charge in [-0.2, -0.15) is 9.40 Å². The molecule has 6 nitrogen and oxygen atoms in total. The van der Waals surface area contributed by atoms with Crippen LogP contribution in [-0.4, -0.2) is 40.4 Å². The molecule has 1 aliphatic heterocycles. The number of halogens is 1. The maximum atomic E-state index is 13.3. The molecule has 0 amide bonds. The fourth-order valence-electron chi connectivity index (χ4n) is 3.69. The van der Waals surface area contributed by atoms with Gasteiger partial charge in [0.1, 0.15) is 4.90 Å². The van der Waals surface area contributed by atoms with Crippen LogP contribution in [0, 0.1) is 29.6 Å². The highest BCUT2D eigenvalue weighted by molar-refractivity contribution is 7.89. The molecule has 0 N–H and O–H groups in total. The summed E-state index contributed by atoms with van der Waals surface area (Å²) >= 11 is 6.00. The van der Waals surface area contributed by atoms with Gasteiger partial charge in [0.05, 0.1) is 24.2 Å². The Morgan fingerprint density at radius 2 is 2.09 bits per heavy atom. The summed E-state index contributed by atoms with van der Waals surface area (Å²) in [5, 5.41) is 4.75. The molecular weight excluding hydrogens is 444 g/mol. The number of allylic oxidation sites excluding steroid dienone is 1. The molecule has 3 aromatic rings. The Hall–Kier alpha value is -3.10. The lowest BCUT2D eigenvalue weighted by molar-refractivity contribution is 0.253. The standard InChI is InChI=1S/C24H21ClN4O2S/c1-4-19-14-27-29-16-22(15-26-23(19)29)32(30,31)28-12-11-20(24(2,3)17-28)9-5-7-18-8-6-10-21(25)13-18/h1,6,8-10,13-16H,11-12,17H2,2-3H3/b20-9+. The van der Waals surface area contributed by atoms with Crippen molar-refractivity contribution in [3.8, 4) is 24.2 Å². The lowest BCUT2D eigenvalue weighted by Crippen LogP contribution is -2.44. The third kappa shape index (κ3) is 4.28. The molecule has 3 heterocycles. The van der Waals surface area contributed by atoms with E-state index in [9.17, 15) is 8.42 Å². The minimum Gasteiger partial charge on any atom is -0.234 e. The van der Waals surface area contributed by atoms with E-state index in [1.807, 2.05) is 38.1 Å². The zero-order valence-corrected chi connectivity index (χ0v) is 19.3. The second kappa shape index (κ2) is 8.44. The summed E-state index contributed by atoms with van der Waals surface area (Å²) in [7, 11) is -3.73. The molecular formula is C24H21ClN4O2S. The van der Waals surface area contributed by atoms with E-state index >= 15 is 0 Å². The van der Waals surface area contributed by atoms with Crippen molar-refractivity contribution < 1.29 is 8.42 Å². The minimum atomic E-state index is -3.73. The number of nitrogens with zero attached hydrogens (tertiary/aromatic N) is 4. The molecule has 0 spiro atoms. The van der Waals surface area contributed by atoms with E-state index in [-0.39, 0.29) is 10.3 Å². The number of aromatic nitrogens is 3. The van der Waals surface area contributed by atoms with Gasteiger partial charge in [0.2, 0.25) is 10.0 Å². The van der Waals surface area contributed by atoms with E-state index in [4.69, 9.17) is 18.0 Å². The predicted octanol–water partition coefficient (Wildman–Crippen LogP) is 3.76. The Balaban J connectivity index is 1.56. The Morgan fingerprint density at radius 3 is 2.81 bits per heavy atom. The second-order valence-corrected chi connectivity index (χ2v) is 10.6. The molecule has 0 bridgehead atoms. The molecule has 162 valence electrons. The summed E-state index contributed by atoms with van der Waals surface area (Å²) in [5.41, 5.74) is 2.55. The molecule has 8 heteroatoms. The molecule has 1 fully saturated rings. The van der Waals surface area contributed by atoms with E-state index in [1.54, 1.807) is 6.07 Å². The Morgan fingerprint density at radius 1 is 1.28 bits per heavy atom. The van der Waals surface area contributed by atoms with Crippen LogP contribution in [0.15, 0.2) is 59.4 Å². The maximum Gasteiger partial charge on any atom is 0.246 e. The number of rotatable bonds is 2. The van der Waals surface area contributed by atoms with Crippen LogP contribution in [0.25, 0.3) is 5.65 Å². The highest BCUT2D eigenvalue weighted by atomic mass is 35.5. The molecule has 4 rings (SSSR count). The summed E-state index contributed by atoms with van der Waals surface area (Å²) in [5.74, 6) is 8.67. The van der Waals surface area contributed by atoms with Crippen LogP contribution >= 0.6 is 11.6 Å². The first kappa shape index (κ1) is 22.1. The maximum absolute atomic E-state index is 13.3. The average Bonchev–Trinajstić information content (AvgIpc) is 3.17. The van der Waals surface area contributed by atoms with Gasteiger partial charge in [0.25, 0.3) is 0 Å². The fourth-order valence-corrected chi connectivity index (χ4v) is 5.42. The number of hydrogen-bond donors (Lipinski definition) is 0. The molecule has 32 heavy (non-hydrogen) atoms. The van der Waals surface area contributed by atoms with E-state index < -0.39 is 10.0 Å². The van der Waals surface area contributed by atoms with Gasteiger partial charge in [-0.15, -0.1) is 6.42 Å². The van der Waals surface area contributed by atoms with Crippen LogP contribution in [0.1, 0.15) is 31.4 Å². The number of fused-ring (bicyclic) bond motifs is 1. The van der Waals surface area contributed by atoms with Crippen LogP contribution in [-0.2, 0) is 10.0 Å². The van der Waals surface area contributed by atoms with E-state index in [1.165, 1.54) is 27.4 Å². The van der Waals surface area contributed by atoms with Crippen molar-refractivity contribution in [2.75, 3.05) is 13.1 Å². The highest BCUT2D eigenvalue weighted by Gasteiger charge is 2.37. The first-order valence-corrected chi connectivity index (χ1v) is 11.8. The van der Waals surface area contributed by atoms with E-state index in [0.29, 0.717) is 35.7 Å². The van der Waals surface area contributed by atoms with Crippen molar-refractivity contribution in [1.29, 1.82) is 0 Å². The normalized spacial score (nSPS) is 17.6. The van der Waals surface area contributed by atoms with E-state index in [0.717, 1.165) is 11.1 Å². The third-order valence-corrected chi connectivity index (χ3v) is 7.52. The largest absolute Gasteiger partial charge is 0.246 e. The number of terminal acetylenes is 1. The monoisotopic (exact) mass is 464 g/mol. The average molecular weight is 465 g/mol. The summed E-state index contributed by atoms with van der Waals surface area (Å²) in [4.78, 5) is 4.30. The van der Waals surface area contributed by atoms with Crippen LogP contribution in [0.5, 0.6) is 0 Å². The van der Waals surface area contributed by atoms with Gasteiger partial charge in [0.15, 0.2) is 5.65 Å². The molecule has 1 aliphatic rings. The summed E-state index contributed by atoms with van der Waals surface area (Å²) < 4.78 is 29.4. The van der Waals surface area contributed by atoms with Gasteiger partial charge in [-0.1, -0.05) is 54.8 Å². The number of hydrogen-bond acceptors (Lipinski definition) is 4. The van der Waals surface area contributed by atoms with E-state index in [2.05, 4.69) is 27.8 Å². The summed E-state index contributed by atoms with van der Waals surface area (Å²) in [6.07, 6.45) is 12.2. The van der Waals surface area contributed by atoms with Crippen molar-refractivity contribution in [2.24, 2.45) is 5.41 Å². The Bertz CT molecular complexity index is 1440. The Labute approximate surface area is 193 Å². The summed E-state index contributed by atoms with van der Waals surface area (Å²) in [6, 6.07) is 7.37.